The van der Waals surface area contributed by atoms with Gasteiger partial charge in [-0.05, 0) is 18.6 Å². The molecule has 0 aromatic heterocycles. The monoisotopic (exact) mass is 325 g/mol. The number of carbonyl (C=O) groups is 2. The maximum absolute atomic E-state index is 13.5. The van der Waals surface area contributed by atoms with E-state index in [0.717, 1.165) is 12.1 Å². The molecule has 2 heterocycles. The van der Waals surface area contributed by atoms with Gasteiger partial charge >= 0.3 is 0 Å². The lowest BCUT2D eigenvalue weighted by atomic mass is 10.1. The third-order valence-electron chi connectivity index (χ3n) is 4.21. The molecule has 1 aromatic carbocycles. The number of piperazine rings is 1. The first-order valence-corrected chi connectivity index (χ1v) is 7.37. The molecular weight excluding hydrogens is 308 g/mol. The zero-order valence-corrected chi connectivity index (χ0v) is 12.4. The third kappa shape index (κ3) is 3.12. The highest BCUT2D eigenvalue weighted by Crippen LogP contribution is 2.23. The van der Waals surface area contributed by atoms with Crippen molar-refractivity contribution in [3.05, 3.63) is 29.8 Å². The molecule has 2 unspecified atom stereocenters. The van der Waals surface area contributed by atoms with Crippen molar-refractivity contribution >= 4 is 11.8 Å². The first-order chi connectivity index (χ1) is 11.0. The lowest BCUT2D eigenvalue weighted by Gasteiger charge is -2.37. The van der Waals surface area contributed by atoms with Crippen LogP contribution in [-0.4, -0.2) is 59.9 Å². The molecule has 2 saturated heterocycles. The number of nitrogens with zero attached hydrogens (tertiary/aromatic N) is 2. The molecule has 2 atom stereocenters. The summed E-state index contributed by atoms with van der Waals surface area (Å²) < 4.78 is 31.4. The van der Waals surface area contributed by atoms with E-state index in [1.54, 1.807) is 9.80 Å². The van der Waals surface area contributed by atoms with E-state index in [1.807, 2.05) is 0 Å². The van der Waals surface area contributed by atoms with E-state index in [2.05, 4.69) is 0 Å². The molecule has 0 aliphatic carbocycles. The summed E-state index contributed by atoms with van der Waals surface area (Å²) in [5.74, 6) is -2.11. The zero-order chi connectivity index (χ0) is 16.6. The van der Waals surface area contributed by atoms with Crippen LogP contribution in [0.15, 0.2) is 18.2 Å². The quantitative estimate of drug-likeness (QED) is 0.856. The Kier molecular flexibility index (Phi) is 4.16. The Bertz CT molecular complexity index is 640. The molecule has 3 rings (SSSR count). The standard InChI is InChI=1S/C15H17F2N3O3/c16-9-1-2-13(11(17)5-9)23-8-14(21)19-3-4-20-10(7-19)6-12(18)15(20)22/h1-2,5,10,12H,3-4,6-8,18H2. The molecule has 0 bridgehead atoms. The smallest absolute Gasteiger partial charge is 0.260 e. The molecule has 2 aliphatic rings. The maximum atomic E-state index is 13.5. The average Bonchev–Trinajstić information content (AvgIpc) is 2.80. The second kappa shape index (κ2) is 6.11. The molecule has 6 nitrogen and oxygen atoms in total. The minimum absolute atomic E-state index is 0.0715. The molecular formula is C15H17F2N3O3. The molecule has 23 heavy (non-hydrogen) atoms. The highest BCUT2D eigenvalue weighted by Gasteiger charge is 2.41. The van der Waals surface area contributed by atoms with Gasteiger partial charge in [-0.2, -0.15) is 0 Å². The van der Waals surface area contributed by atoms with Gasteiger partial charge in [-0.25, -0.2) is 8.78 Å². The number of hydrogen-bond donors (Lipinski definition) is 1. The van der Waals surface area contributed by atoms with Crippen molar-refractivity contribution in [3.63, 3.8) is 0 Å². The van der Waals surface area contributed by atoms with Crippen LogP contribution in [0.5, 0.6) is 5.75 Å². The van der Waals surface area contributed by atoms with Crippen LogP contribution in [0.2, 0.25) is 0 Å². The number of fused-ring (bicyclic) bond motifs is 1. The second-order valence-corrected chi connectivity index (χ2v) is 5.73. The summed E-state index contributed by atoms with van der Waals surface area (Å²) in [6, 6.07) is 2.33. The largest absolute Gasteiger partial charge is 0.481 e. The van der Waals surface area contributed by atoms with Gasteiger partial charge in [0.1, 0.15) is 5.82 Å². The van der Waals surface area contributed by atoms with Gasteiger partial charge < -0.3 is 20.3 Å². The van der Waals surface area contributed by atoms with Crippen molar-refractivity contribution in [2.75, 3.05) is 26.2 Å². The van der Waals surface area contributed by atoms with E-state index >= 15 is 0 Å². The summed E-state index contributed by atoms with van der Waals surface area (Å²) in [4.78, 5) is 27.2. The van der Waals surface area contributed by atoms with Crippen molar-refractivity contribution in [3.8, 4) is 5.75 Å². The molecule has 2 fully saturated rings. The van der Waals surface area contributed by atoms with Crippen LogP contribution in [-0.2, 0) is 9.59 Å². The molecule has 2 N–H and O–H groups in total. The van der Waals surface area contributed by atoms with Gasteiger partial charge in [0, 0.05) is 25.7 Å². The van der Waals surface area contributed by atoms with Crippen molar-refractivity contribution in [1.82, 2.24) is 9.80 Å². The van der Waals surface area contributed by atoms with Gasteiger partial charge in [0.05, 0.1) is 12.1 Å². The van der Waals surface area contributed by atoms with Crippen molar-refractivity contribution in [2.24, 2.45) is 5.73 Å². The summed E-state index contributed by atoms with van der Waals surface area (Å²) in [6.45, 7) is 0.889. The van der Waals surface area contributed by atoms with E-state index < -0.39 is 17.7 Å². The van der Waals surface area contributed by atoms with Crippen molar-refractivity contribution in [2.45, 2.75) is 18.5 Å². The van der Waals surface area contributed by atoms with E-state index in [9.17, 15) is 18.4 Å². The fraction of sp³-hybridized carbons (Fsp3) is 0.467. The topological polar surface area (TPSA) is 75.9 Å². The van der Waals surface area contributed by atoms with Gasteiger partial charge in [0.25, 0.3) is 5.91 Å². The van der Waals surface area contributed by atoms with Crippen LogP contribution in [0.3, 0.4) is 0 Å². The van der Waals surface area contributed by atoms with Crippen LogP contribution in [0, 0.1) is 11.6 Å². The second-order valence-electron chi connectivity index (χ2n) is 5.73. The molecule has 0 spiro atoms. The fourth-order valence-corrected chi connectivity index (χ4v) is 3.00. The Hall–Kier alpha value is -2.22. The Morgan fingerprint density at radius 2 is 2.13 bits per heavy atom. The van der Waals surface area contributed by atoms with Crippen LogP contribution in [0.4, 0.5) is 8.78 Å². The summed E-state index contributed by atoms with van der Waals surface area (Å²) in [5.41, 5.74) is 5.73. The third-order valence-corrected chi connectivity index (χ3v) is 4.21. The normalized spacial score (nSPS) is 23.9. The summed E-state index contributed by atoms with van der Waals surface area (Å²) in [7, 11) is 0. The highest BCUT2D eigenvalue weighted by molar-refractivity contribution is 5.85. The number of halogens is 2. The van der Waals surface area contributed by atoms with Gasteiger partial charge in [-0.3, -0.25) is 9.59 Å². The Morgan fingerprint density at radius 1 is 1.35 bits per heavy atom. The molecule has 124 valence electrons. The molecule has 1 aromatic rings. The molecule has 8 heteroatoms. The molecule has 0 saturated carbocycles. The highest BCUT2D eigenvalue weighted by atomic mass is 19.1. The van der Waals surface area contributed by atoms with E-state index in [0.29, 0.717) is 32.1 Å². The predicted molar refractivity (Wildman–Crippen MR) is 76.5 cm³/mol. The first kappa shape index (κ1) is 15.7. The maximum Gasteiger partial charge on any atom is 0.260 e. The summed E-state index contributed by atoms with van der Waals surface area (Å²) >= 11 is 0. The van der Waals surface area contributed by atoms with Crippen molar-refractivity contribution < 1.29 is 23.1 Å². The minimum atomic E-state index is -0.852. The van der Waals surface area contributed by atoms with Crippen LogP contribution in [0.25, 0.3) is 0 Å². The number of nitrogens with two attached hydrogens (primary N) is 1. The first-order valence-electron chi connectivity index (χ1n) is 7.37. The Morgan fingerprint density at radius 3 is 2.87 bits per heavy atom. The number of rotatable bonds is 3. The number of ether oxygens (including phenoxy) is 1. The number of carbonyl (C=O) groups excluding carboxylic acids is 2. The lowest BCUT2D eigenvalue weighted by Crippen LogP contribution is -2.54. The van der Waals surface area contributed by atoms with Crippen LogP contribution < -0.4 is 10.5 Å². The molecule has 2 amide bonds. The van der Waals surface area contributed by atoms with E-state index in [4.69, 9.17) is 10.5 Å². The fourth-order valence-electron chi connectivity index (χ4n) is 3.00. The SMILES string of the molecule is NC1CC2CN(C(=O)COc3ccc(F)cc3F)CCN2C1=O. The Balaban J connectivity index is 1.56. The zero-order valence-electron chi connectivity index (χ0n) is 12.4. The Labute approximate surface area is 131 Å². The predicted octanol–water partition coefficient (Wildman–Crippen LogP) is 0.114. The number of amides is 2. The average molecular weight is 325 g/mol. The minimum Gasteiger partial charge on any atom is -0.481 e. The molecule has 2 aliphatic heterocycles. The summed E-state index contributed by atoms with van der Waals surface area (Å²) in [6.07, 6.45) is 0.524. The van der Waals surface area contributed by atoms with E-state index in [1.165, 1.54) is 0 Å². The summed E-state index contributed by atoms with van der Waals surface area (Å²) in [5, 5.41) is 0. The number of hydrogen-bond acceptors (Lipinski definition) is 4. The van der Waals surface area contributed by atoms with Crippen LogP contribution >= 0.6 is 0 Å². The number of benzene rings is 1. The van der Waals surface area contributed by atoms with Gasteiger partial charge in [0.15, 0.2) is 18.2 Å². The lowest BCUT2D eigenvalue weighted by molar-refractivity contribution is -0.140. The van der Waals surface area contributed by atoms with E-state index in [-0.39, 0.29) is 30.2 Å². The van der Waals surface area contributed by atoms with Crippen LogP contribution in [0.1, 0.15) is 6.42 Å². The van der Waals surface area contributed by atoms with Gasteiger partial charge in [-0.1, -0.05) is 0 Å². The van der Waals surface area contributed by atoms with Crippen molar-refractivity contribution in [1.29, 1.82) is 0 Å². The van der Waals surface area contributed by atoms with Gasteiger partial charge in [0.2, 0.25) is 5.91 Å². The van der Waals surface area contributed by atoms with Gasteiger partial charge in [-0.15, -0.1) is 0 Å². The molecule has 0 radical (unpaired) electrons.